The lowest BCUT2D eigenvalue weighted by molar-refractivity contribution is -0.119. The molecule has 0 bridgehead atoms. The SMILES string of the molecule is O=C(CCCl)NC(=O)Nc1cc(Cl)cc(Cl)c1. The molecular formula is C10H9Cl3N2O2. The Labute approximate surface area is 113 Å². The van der Waals surface area contributed by atoms with Crippen molar-refractivity contribution < 1.29 is 9.59 Å². The molecule has 0 saturated carbocycles. The topological polar surface area (TPSA) is 58.2 Å². The fourth-order valence-corrected chi connectivity index (χ4v) is 1.76. The molecule has 0 aromatic heterocycles. The minimum Gasteiger partial charge on any atom is -0.308 e. The van der Waals surface area contributed by atoms with Crippen LogP contribution in [0, 0.1) is 0 Å². The van der Waals surface area contributed by atoms with Crippen molar-refractivity contribution in [3.8, 4) is 0 Å². The van der Waals surface area contributed by atoms with Crippen LogP contribution in [0.15, 0.2) is 18.2 Å². The van der Waals surface area contributed by atoms with Crippen LogP contribution in [0.25, 0.3) is 0 Å². The second kappa shape index (κ2) is 6.69. The smallest absolute Gasteiger partial charge is 0.308 e. The third kappa shape index (κ3) is 5.26. The number of hydrogen-bond donors (Lipinski definition) is 2. The highest BCUT2D eigenvalue weighted by Gasteiger charge is 2.07. The van der Waals surface area contributed by atoms with E-state index in [0.29, 0.717) is 15.7 Å². The van der Waals surface area contributed by atoms with Crippen LogP contribution in [-0.4, -0.2) is 17.8 Å². The number of anilines is 1. The van der Waals surface area contributed by atoms with Crippen molar-refractivity contribution in [2.75, 3.05) is 11.2 Å². The Balaban J connectivity index is 2.59. The molecule has 1 aromatic carbocycles. The Morgan fingerprint density at radius 1 is 1.12 bits per heavy atom. The highest BCUT2D eigenvalue weighted by atomic mass is 35.5. The summed E-state index contributed by atoms with van der Waals surface area (Å²) in [5.74, 6) is -0.298. The van der Waals surface area contributed by atoms with Crippen LogP contribution in [0.5, 0.6) is 0 Å². The molecule has 0 spiro atoms. The summed E-state index contributed by atoms with van der Waals surface area (Å²) in [5.41, 5.74) is 0.402. The summed E-state index contributed by atoms with van der Waals surface area (Å²) in [5, 5.41) is 5.32. The molecule has 0 heterocycles. The Kier molecular flexibility index (Phi) is 5.55. The Morgan fingerprint density at radius 2 is 1.71 bits per heavy atom. The molecule has 92 valence electrons. The number of carbonyl (C=O) groups excluding carboxylic acids is 2. The average Bonchev–Trinajstić information content (AvgIpc) is 2.14. The van der Waals surface area contributed by atoms with E-state index in [9.17, 15) is 9.59 Å². The Bertz CT molecular complexity index is 417. The maximum Gasteiger partial charge on any atom is 0.325 e. The van der Waals surface area contributed by atoms with Gasteiger partial charge in [0.15, 0.2) is 0 Å². The molecule has 0 unspecified atom stereocenters. The summed E-state index contributed by atoms with van der Waals surface area (Å²) >= 11 is 16.9. The highest BCUT2D eigenvalue weighted by molar-refractivity contribution is 6.35. The predicted octanol–water partition coefficient (Wildman–Crippen LogP) is 3.27. The molecule has 17 heavy (non-hydrogen) atoms. The Morgan fingerprint density at radius 3 is 2.24 bits per heavy atom. The van der Waals surface area contributed by atoms with Gasteiger partial charge in [-0.15, -0.1) is 11.6 Å². The minimum absolute atomic E-state index is 0.0747. The zero-order valence-electron chi connectivity index (χ0n) is 8.60. The molecule has 0 aliphatic heterocycles. The summed E-state index contributed by atoms with van der Waals surface area (Å²) in [4.78, 5) is 22.4. The third-order valence-electron chi connectivity index (χ3n) is 1.69. The number of alkyl halides is 1. The van der Waals surface area contributed by atoms with Crippen molar-refractivity contribution in [1.29, 1.82) is 0 Å². The largest absolute Gasteiger partial charge is 0.325 e. The van der Waals surface area contributed by atoms with Gasteiger partial charge in [-0.2, -0.15) is 0 Å². The van der Waals surface area contributed by atoms with Gasteiger partial charge in [0.1, 0.15) is 0 Å². The highest BCUT2D eigenvalue weighted by Crippen LogP contribution is 2.22. The van der Waals surface area contributed by atoms with Gasteiger partial charge in [0, 0.05) is 28.0 Å². The zero-order chi connectivity index (χ0) is 12.8. The number of benzene rings is 1. The van der Waals surface area contributed by atoms with Crippen molar-refractivity contribution in [3.63, 3.8) is 0 Å². The van der Waals surface area contributed by atoms with E-state index < -0.39 is 11.9 Å². The van der Waals surface area contributed by atoms with Gasteiger partial charge < -0.3 is 5.32 Å². The van der Waals surface area contributed by atoms with Crippen LogP contribution in [-0.2, 0) is 4.79 Å². The number of halogens is 3. The molecule has 4 nitrogen and oxygen atoms in total. The van der Waals surface area contributed by atoms with Gasteiger partial charge in [0.2, 0.25) is 5.91 Å². The average molecular weight is 296 g/mol. The predicted molar refractivity (Wildman–Crippen MR) is 69.0 cm³/mol. The fourth-order valence-electron chi connectivity index (χ4n) is 1.06. The van der Waals surface area contributed by atoms with Gasteiger partial charge in [-0.05, 0) is 18.2 Å². The first kappa shape index (κ1) is 14.1. The van der Waals surface area contributed by atoms with Crippen molar-refractivity contribution in [1.82, 2.24) is 5.32 Å². The van der Waals surface area contributed by atoms with Gasteiger partial charge in [-0.3, -0.25) is 10.1 Å². The van der Waals surface area contributed by atoms with Gasteiger partial charge in [0.05, 0.1) is 0 Å². The van der Waals surface area contributed by atoms with Gasteiger partial charge >= 0.3 is 6.03 Å². The van der Waals surface area contributed by atoms with E-state index in [4.69, 9.17) is 34.8 Å². The van der Waals surface area contributed by atoms with Crippen molar-refractivity contribution in [2.45, 2.75) is 6.42 Å². The number of rotatable bonds is 3. The molecule has 2 N–H and O–H groups in total. The van der Waals surface area contributed by atoms with Crippen LogP contribution in [0.1, 0.15) is 6.42 Å². The van der Waals surface area contributed by atoms with E-state index in [-0.39, 0.29) is 12.3 Å². The zero-order valence-corrected chi connectivity index (χ0v) is 10.9. The molecule has 1 aromatic rings. The first-order valence-electron chi connectivity index (χ1n) is 4.64. The van der Waals surface area contributed by atoms with E-state index in [1.807, 2.05) is 0 Å². The first-order chi connectivity index (χ1) is 8.01. The van der Waals surface area contributed by atoms with Crippen LogP contribution >= 0.6 is 34.8 Å². The number of imide groups is 1. The first-order valence-corrected chi connectivity index (χ1v) is 5.93. The fraction of sp³-hybridized carbons (Fsp3) is 0.200. The number of amides is 3. The molecule has 1 rings (SSSR count). The summed E-state index contributed by atoms with van der Waals surface area (Å²) in [7, 11) is 0. The minimum atomic E-state index is -0.654. The van der Waals surface area contributed by atoms with Gasteiger partial charge in [0.25, 0.3) is 0 Å². The molecule has 0 saturated heterocycles. The molecule has 7 heteroatoms. The lowest BCUT2D eigenvalue weighted by Crippen LogP contribution is -2.34. The van der Waals surface area contributed by atoms with Crippen molar-refractivity contribution >= 4 is 52.4 Å². The Hall–Kier alpha value is -0.970. The van der Waals surface area contributed by atoms with Crippen molar-refractivity contribution in [3.05, 3.63) is 28.2 Å². The molecule has 0 radical (unpaired) electrons. The summed E-state index contributed by atoms with van der Waals surface area (Å²) in [6.07, 6.45) is 0.0747. The van der Waals surface area contributed by atoms with E-state index in [2.05, 4.69) is 10.6 Å². The summed E-state index contributed by atoms with van der Waals surface area (Å²) < 4.78 is 0. The second-order valence-electron chi connectivity index (χ2n) is 3.10. The molecule has 0 fully saturated rings. The van der Waals surface area contributed by atoms with Gasteiger partial charge in [-0.25, -0.2) is 4.79 Å². The monoisotopic (exact) mass is 294 g/mol. The second-order valence-corrected chi connectivity index (χ2v) is 4.35. The van der Waals surface area contributed by atoms with Gasteiger partial charge in [-0.1, -0.05) is 23.2 Å². The normalized spacial score (nSPS) is 9.82. The van der Waals surface area contributed by atoms with E-state index >= 15 is 0 Å². The number of hydrogen-bond acceptors (Lipinski definition) is 2. The van der Waals surface area contributed by atoms with Crippen LogP contribution < -0.4 is 10.6 Å². The van der Waals surface area contributed by atoms with Crippen LogP contribution in [0.3, 0.4) is 0 Å². The molecule has 0 atom stereocenters. The molecule has 3 amide bonds. The molecule has 0 aliphatic rings. The number of urea groups is 1. The van der Waals surface area contributed by atoms with Crippen LogP contribution in [0.2, 0.25) is 10.0 Å². The summed E-state index contributed by atoms with van der Waals surface area (Å²) in [6.45, 7) is 0. The lowest BCUT2D eigenvalue weighted by atomic mass is 10.3. The molecule has 0 aliphatic carbocycles. The maximum atomic E-state index is 11.3. The van der Waals surface area contributed by atoms with Crippen LogP contribution in [0.4, 0.5) is 10.5 Å². The molecular weight excluding hydrogens is 286 g/mol. The quantitative estimate of drug-likeness (QED) is 0.841. The van der Waals surface area contributed by atoms with E-state index in [1.165, 1.54) is 18.2 Å². The third-order valence-corrected chi connectivity index (χ3v) is 2.32. The summed E-state index contributed by atoms with van der Waals surface area (Å²) in [6, 6.07) is 3.90. The lowest BCUT2D eigenvalue weighted by Gasteiger charge is -2.06. The number of nitrogens with one attached hydrogen (secondary N) is 2. The number of carbonyl (C=O) groups is 2. The maximum absolute atomic E-state index is 11.3. The van der Waals surface area contributed by atoms with E-state index in [1.54, 1.807) is 0 Å². The standard InChI is InChI=1S/C10H9Cl3N2O2/c11-2-1-9(16)15-10(17)14-8-4-6(12)3-7(13)5-8/h3-5H,1-2H2,(H2,14,15,16,17). The van der Waals surface area contributed by atoms with E-state index in [0.717, 1.165) is 0 Å². The van der Waals surface area contributed by atoms with Crippen molar-refractivity contribution in [2.24, 2.45) is 0 Å².